The lowest BCUT2D eigenvalue weighted by Crippen LogP contribution is -2.36. The number of rotatable bonds is 9. The van der Waals surface area contributed by atoms with E-state index in [0.717, 1.165) is 0 Å². The highest BCUT2D eigenvalue weighted by Gasteiger charge is 2.11. The number of hydrogen-bond donors (Lipinski definition) is 2. The van der Waals surface area contributed by atoms with Crippen molar-refractivity contribution in [3.8, 4) is 11.5 Å². The zero-order valence-electron chi connectivity index (χ0n) is 13.2. The molecule has 0 aliphatic rings. The maximum atomic E-state index is 11.9. The number of nitrogens with zero attached hydrogens (tertiary/aromatic N) is 1. The van der Waals surface area contributed by atoms with Gasteiger partial charge in [-0.25, -0.2) is 0 Å². The van der Waals surface area contributed by atoms with Crippen LogP contribution in [0, 0.1) is 0 Å². The molecule has 122 valence electrons. The van der Waals surface area contributed by atoms with Crippen molar-refractivity contribution in [1.29, 1.82) is 0 Å². The van der Waals surface area contributed by atoms with Crippen LogP contribution in [0.25, 0.3) is 0 Å². The van der Waals surface area contributed by atoms with Gasteiger partial charge < -0.3 is 20.5 Å². The van der Waals surface area contributed by atoms with Gasteiger partial charge in [-0.05, 0) is 33.0 Å². The fraction of sp³-hybridized carbons (Fsp3) is 0.467. The minimum atomic E-state index is -0.477. The first-order valence-electron chi connectivity index (χ1n) is 7.12. The zero-order chi connectivity index (χ0) is 16.5. The first-order valence-corrected chi connectivity index (χ1v) is 7.12. The number of likely N-dealkylation sites (N-methyl/N-ethyl adjacent to an activating group) is 1. The molecule has 0 saturated carbocycles. The van der Waals surface area contributed by atoms with E-state index < -0.39 is 5.91 Å². The molecular weight excluding hydrogens is 286 g/mol. The molecule has 0 bridgehead atoms. The van der Waals surface area contributed by atoms with Gasteiger partial charge in [0, 0.05) is 11.8 Å². The molecule has 0 spiro atoms. The number of hydrogen-bond acceptors (Lipinski definition) is 5. The highest BCUT2D eigenvalue weighted by atomic mass is 16.5. The Balaban J connectivity index is 2.70. The molecule has 0 heterocycles. The summed E-state index contributed by atoms with van der Waals surface area (Å²) < 4.78 is 11.0. The van der Waals surface area contributed by atoms with Gasteiger partial charge in [0.05, 0.1) is 26.3 Å². The number of primary amides is 1. The summed E-state index contributed by atoms with van der Waals surface area (Å²) in [6.07, 6.45) is 0. The standard InChI is InChI=1S/C15H23N3O4/c1-4-21-12-7-6-11(8-13(12)22-5-2)17-15(20)10-18(3)9-14(16)19/h6-8H,4-5,9-10H2,1-3H3,(H2,16,19)(H,17,20). The van der Waals surface area contributed by atoms with Gasteiger partial charge in [-0.2, -0.15) is 0 Å². The van der Waals surface area contributed by atoms with Crippen LogP contribution in [0.4, 0.5) is 5.69 Å². The van der Waals surface area contributed by atoms with Crippen molar-refractivity contribution in [2.24, 2.45) is 5.73 Å². The van der Waals surface area contributed by atoms with Gasteiger partial charge in [0.2, 0.25) is 11.8 Å². The molecule has 0 atom stereocenters. The van der Waals surface area contributed by atoms with Crippen molar-refractivity contribution in [3.63, 3.8) is 0 Å². The van der Waals surface area contributed by atoms with Crippen molar-refractivity contribution in [2.75, 3.05) is 38.7 Å². The molecule has 0 aliphatic carbocycles. The molecular formula is C15H23N3O4. The van der Waals surface area contributed by atoms with Gasteiger partial charge in [0.1, 0.15) is 0 Å². The average molecular weight is 309 g/mol. The van der Waals surface area contributed by atoms with Crippen LogP contribution in [-0.4, -0.2) is 50.1 Å². The number of carbonyl (C=O) groups excluding carboxylic acids is 2. The van der Waals surface area contributed by atoms with Crippen molar-refractivity contribution in [3.05, 3.63) is 18.2 Å². The van der Waals surface area contributed by atoms with Crippen LogP contribution in [0.15, 0.2) is 18.2 Å². The van der Waals surface area contributed by atoms with E-state index in [-0.39, 0.29) is 19.0 Å². The van der Waals surface area contributed by atoms with E-state index in [9.17, 15) is 9.59 Å². The molecule has 22 heavy (non-hydrogen) atoms. The topological polar surface area (TPSA) is 93.9 Å². The summed E-state index contributed by atoms with van der Waals surface area (Å²) in [5, 5.41) is 2.75. The molecule has 7 heteroatoms. The van der Waals surface area contributed by atoms with E-state index in [2.05, 4.69) is 5.32 Å². The Hall–Kier alpha value is -2.28. The highest BCUT2D eigenvalue weighted by molar-refractivity contribution is 5.92. The van der Waals surface area contributed by atoms with E-state index in [1.165, 1.54) is 4.90 Å². The third-order valence-electron chi connectivity index (χ3n) is 2.67. The summed E-state index contributed by atoms with van der Waals surface area (Å²) in [5.74, 6) is 0.492. The number of benzene rings is 1. The minimum Gasteiger partial charge on any atom is -0.490 e. The second-order valence-corrected chi connectivity index (χ2v) is 4.71. The van der Waals surface area contributed by atoms with Crippen molar-refractivity contribution < 1.29 is 19.1 Å². The lowest BCUT2D eigenvalue weighted by Gasteiger charge is -2.15. The molecule has 2 amide bonds. The summed E-state index contributed by atoms with van der Waals surface area (Å²) in [6.45, 7) is 4.89. The average Bonchev–Trinajstić information content (AvgIpc) is 2.41. The first kappa shape index (κ1) is 17.8. The van der Waals surface area contributed by atoms with E-state index in [0.29, 0.717) is 30.4 Å². The molecule has 0 fully saturated rings. The minimum absolute atomic E-state index is 0.0287. The molecule has 0 aromatic heterocycles. The van der Waals surface area contributed by atoms with Crippen molar-refractivity contribution in [2.45, 2.75) is 13.8 Å². The Kier molecular flexibility index (Phi) is 7.18. The van der Waals surface area contributed by atoms with Crippen molar-refractivity contribution >= 4 is 17.5 Å². The molecule has 1 rings (SSSR count). The van der Waals surface area contributed by atoms with Crippen LogP contribution in [0.3, 0.4) is 0 Å². The van der Waals surface area contributed by atoms with Crippen LogP contribution in [0.5, 0.6) is 11.5 Å². The Labute approximate surface area is 130 Å². The third-order valence-corrected chi connectivity index (χ3v) is 2.67. The quantitative estimate of drug-likeness (QED) is 0.705. The SMILES string of the molecule is CCOc1ccc(NC(=O)CN(C)CC(N)=O)cc1OCC. The van der Waals surface area contributed by atoms with E-state index in [4.69, 9.17) is 15.2 Å². The highest BCUT2D eigenvalue weighted by Crippen LogP contribution is 2.30. The predicted octanol–water partition coefficient (Wildman–Crippen LogP) is 0.840. The smallest absolute Gasteiger partial charge is 0.238 e. The van der Waals surface area contributed by atoms with Gasteiger partial charge in [0.25, 0.3) is 0 Å². The van der Waals surface area contributed by atoms with Gasteiger partial charge in [-0.1, -0.05) is 0 Å². The Morgan fingerprint density at radius 2 is 1.77 bits per heavy atom. The van der Waals surface area contributed by atoms with Crippen LogP contribution >= 0.6 is 0 Å². The molecule has 1 aromatic rings. The van der Waals surface area contributed by atoms with Crippen LogP contribution in [-0.2, 0) is 9.59 Å². The Bertz CT molecular complexity index is 520. The molecule has 0 unspecified atom stereocenters. The normalized spacial score (nSPS) is 10.4. The number of amides is 2. The van der Waals surface area contributed by atoms with E-state index in [1.54, 1.807) is 25.2 Å². The molecule has 0 saturated heterocycles. The maximum absolute atomic E-state index is 11.9. The van der Waals surface area contributed by atoms with E-state index in [1.807, 2.05) is 13.8 Å². The summed E-state index contributed by atoms with van der Waals surface area (Å²) in [4.78, 5) is 24.2. The van der Waals surface area contributed by atoms with Crippen LogP contribution in [0.1, 0.15) is 13.8 Å². The van der Waals surface area contributed by atoms with Gasteiger partial charge in [0.15, 0.2) is 11.5 Å². The van der Waals surface area contributed by atoms with Gasteiger partial charge in [-0.15, -0.1) is 0 Å². The maximum Gasteiger partial charge on any atom is 0.238 e. The number of anilines is 1. The second-order valence-electron chi connectivity index (χ2n) is 4.71. The van der Waals surface area contributed by atoms with Gasteiger partial charge in [-0.3, -0.25) is 14.5 Å². The summed E-state index contributed by atoms with van der Waals surface area (Å²) in [6, 6.07) is 5.19. The molecule has 3 N–H and O–H groups in total. The summed E-state index contributed by atoms with van der Waals surface area (Å²) in [7, 11) is 1.65. The number of nitrogens with one attached hydrogen (secondary N) is 1. The third kappa shape index (κ3) is 6.01. The fourth-order valence-corrected chi connectivity index (χ4v) is 1.90. The molecule has 0 radical (unpaired) electrons. The number of ether oxygens (including phenoxy) is 2. The zero-order valence-corrected chi connectivity index (χ0v) is 13.2. The lowest BCUT2D eigenvalue weighted by molar-refractivity contribution is -0.120. The summed E-state index contributed by atoms with van der Waals surface area (Å²) >= 11 is 0. The second kappa shape index (κ2) is 8.89. The number of carbonyl (C=O) groups is 2. The fourth-order valence-electron chi connectivity index (χ4n) is 1.90. The molecule has 7 nitrogen and oxygen atoms in total. The van der Waals surface area contributed by atoms with Crippen molar-refractivity contribution in [1.82, 2.24) is 4.90 Å². The van der Waals surface area contributed by atoms with Gasteiger partial charge >= 0.3 is 0 Å². The Morgan fingerprint density at radius 1 is 1.14 bits per heavy atom. The monoisotopic (exact) mass is 309 g/mol. The number of nitrogens with two attached hydrogens (primary N) is 1. The van der Waals surface area contributed by atoms with E-state index >= 15 is 0 Å². The Morgan fingerprint density at radius 3 is 2.36 bits per heavy atom. The van der Waals surface area contributed by atoms with Crippen LogP contribution in [0.2, 0.25) is 0 Å². The predicted molar refractivity (Wildman–Crippen MR) is 84.1 cm³/mol. The lowest BCUT2D eigenvalue weighted by atomic mass is 10.2. The summed E-state index contributed by atoms with van der Waals surface area (Å²) in [5.41, 5.74) is 5.68. The largest absolute Gasteiger partial charge is 0.490 e. The van der Waals surface area contributed by atoms with Crippen LogP contribution < -0.4 is 20.5 Å². The molecule has 1 aromatic carbocycles. The first-order chi connectivity index (χ1) is 10.5. The molecule has 0 aliphatic heterocycles.